The number of carbonyl (C=O) groups excluding carboxylic acids is 1. The zero-order chi connectivity index (χ0) is 26.9. The molecule has 0 bridgehead atoms. The predicted molar refractivity (Wildman–Crippen MR) is 156 cm³/mol. The lowest BCUT2D eigenvalue weighted by atomic mass is 10.0. The first-order valence-electron chi connectivity index (χ1n) is 12.6. The molecule has 7 nitrogen and oxygen atoms in total. The lowest BCUT2D eigenvalue weighted by molar-refractivity contribution is -0.123. The number of unbranched alkanes of at least 4 members (excludes halogenated alkanes) is 1. The maximum absolute atomic E-state index is 13.4. The van der Waals surface area contributed by atoms with E-state index in [1.807, 2.05) is 67.7 Å². The lowest BCUT2D eigenvalue weighted by Crippen LogP contribution is -2.39. The molecular weight excluding hydrogens is 539 g/mol. The third kappa shape index (κ3) is 5.57. The van der Waals surface area contributed by atoms with Crippen molar-refractivity contribution in [1.29, 1.82) is 0 Å². The van der Waals surface area contributed by atoms with E-state index >= 15 is 0 Å². The van der Waals surface area contributed by atoms with Gasteiger partial charge in [0.05, 0.1) is 34.7 Å². The molecule has 1 aromatic heterocycles. The van der Waals surface area contributed by atoms with Crippen LogP contribution >= 0.6 is 24.0 Å². The molecular formula is C28H29N3O4S3. The molecule has 38 heavy (non-hydrogen) atoms. The Labute approximate surface area is 232 Å². The van der Waals surface area contributed by atoms with Gasteiger partial charge in [0, 0.05) is 17.3 Å². The van der Waals surface area contributed by atoms with Crippen LogP contribution in [0.25, 0.3) is 23.0 Å². The summed E-state index contributed by atoms with van der Waals surface area (Å²) in [7, 11) is -3.15. The number of sulfone groups is 1. The molecule has 10 heteroatoms. The van der Waals surface area contributed by atoms with Crippen molar-refractivity contribution in [2.45, 2.75) is 39.2 Å². The van der Waals surface area contributed by atoms with Crippen LogP contribution in [0.1, 0.15) is 37.3 Å². The van der Waals surface area contributed by atoms with Crippen molar-refractivity contribution in [1.82, 2.24) is 14.7 Å². The number of carbonyl (C=O) groups is 1. The van der Waals surface area contributed by atoms with Crippen molar-refractivity contribution >= 4 is 50.1 Å². The fraction of sp³-hybridized carbons (Fsp3) is 0.321. The van der Waals surface area contributed by atoms with Crippen LogP contribution in [-0.4, -0.2) is 57.5 Å². The van der Waals surface area contributed by atoms with Crippen LogP contribution in [0.4, 0.5) is 0 Å². The Bertz CT molecular complexity index is 1510. The number of amides is 1. The number of thiocarbonyl (C=S) groups is 1. The molecule has 2 saturated heterocycles. The maximum atomic E-state index is 13.4. The molecule has 3 aromatic rings. The fourth-order valence-electron chi connectivity index (χ4n) is 4.63. The molecule has 1 amide bonds. The standard InChI is InChI=1S/C28H29N3O4S3/c1-3-4-13-35-24-11-10-20(15-19(24)2)26-21(17-30(29-26)22-8-6-5-7-9-22)16-25-27(32)31(28(36)37-25)23-12-14-38(33,34)18-23/h5-11,15-17,23H,3-4,12-14,18H2,1-2H3/b25-16-. The van der Waals surface area contributed by atoms with Crippen LogP contribution in [0.3, 0.4) is 0 Å². The summed E-state index contributed by atoms with van der Waals surface area (Å²) in [4.78, 5) is 15.3. The van der Waals surface area contributed by atoms with Gasteiger partial charge < -0.3 is 4.74 Å². The molecule has 0 saturated carbocycles. The van der Waals surface area contributed by atoms with E-state index in [0.29, 0.717) is 22.3 Å². The normalized spacial score (nSPS) is 20.0. The molecule has 2 aliphatic heterocycles. The molecule has 2 aliphatic rings. The average molecular weight is 568 g/mol. The number of aryl methyl sites for hydroxylation is 1. The van der Waals surface area contributed by atoms with E-state index < -0.39 is 15.9 Å². The first kappa shape index (κ1) is 26.6. The lowest BCUT2D eigenvalue weighted by Gasteiger charge is -2.20. The molecule has 0 radical (unpaired) electrons. The molecule has 1 unspecified atom stereocenters. The van der Waals surface area contributed by atoms with Crippen molar-refractivity contribution in [3.05, 3.63) is 70.8 Å². The second-order valence-corrected chi connectivity index (χ2v) is 13.4. The molecule has 0 spiro atoms. The molecule has 1 atom stereocenters. The third-order valence-electron chi connectivity index (χ3n) is 6.65. The van der Waals surface area contributed by atoms with Crippen molar-refractivity contribution in [2.24, 2.45) is 0 Å². The third-order valence-corrected chi connectivity index (χ3v) is 9.73. The number of hydrogen-bond acceptors (Lipinski definition) is 7. The summed E-state index contributed by atoms with van der Waals surface area (Å²) in [6.07, 6.45) is 6.19. The van der Waals surface area contributed by atoms with Gasteiger partial charge in [0.1, 0.15) is 15.8 Å². The second-order valence-electron chi connectivity index (χ2n) is 9.50. The number of para-hydroxylation sites is 1. The number of hydrogen-bond donors (Lipinski definition) is 0. The average Bonchev–Trinajstić information content (AvgIpc) is 3.55. The number of benzene rings is 2. The van der Waals surface area contributed by atoms with Gasteiger partial charge in [-0.05, 0) is 61.7 Å². The minimum Gasteiger partial charge on any atom is -0.493 e. The van der Waals surface area contributed by atoms with Crippen molar-refractivity contribution < 1.29 is 17.9 Å². The Morgan fingerprint density at radius 3 is 2.68 bits per heavy atom. The zero-order valence-electron chi connectivity index (χ0n) is 21.3. The molecule has 2 fully saturated rings. The van der Waals surface area contributed by atoms with Crippen LogP contribution in [0, 0.1) is 6.92 Å². The summed E-state index contributed by atoms with van der Waals surface area (Å²) in [5.41, 5.74) is 4.31. The number of aromatic nitrogens is 2. The van der Waals surface area contributed by atoms with Crippen LogP contribution in [0.2, 0.25) is 0 Å². The predicted octanol–water partition coefficient (Wildman–Crippen LogP) is 5.41. The van der Waals surface area contributed by atoms with Gasteiger partial charge in [-0.15, -0.1) is 0 Å². The Balaban J connectivity index is 1.51. The number of thioether (sulfide) groups is 1. The minimum atomic E-state index is -3.15. The van der Waals surface area contributed by atoms with Gasteiger partial charge in [-0.1, -0.05) is 55.5 Å². The van der Waals surface area contributed by atoms with E-state index in [1.54, 1.807) is 4.68 Å². The van der Waals surface area contributed by atoms with Gasteiger partial charge in [-0.3, -0.25) is 9.69 Å². The summed E-state index contributed by atoms with van der Waals surface area (Å²) in [5, 5.41) is 4.88. The van der Waals surface area contributed by atoms with Crippen molar-refractivity contribution in [3.8, 4) is 22.7 Å². The highest BCUT2D eigenvalue weighted by Gasteiger charge is 2.42. The number of nitrogens with zero attached hydrogens (tertiary/aromatic N) is 3. The summed E-state index contributed by atoms with van der Waals surface area (Å²) in [5.74, 6) is 0.629. The number of rotatable bonds is 8. The SMILES string of the molecule is CCCCOc1ccc(-c2nn(-c3ccccc3)cc2/C=C2\SC(=S)N(C3CCS(=O)(=O)C3)C2=O)cc1C. The molecule has 198 valence electrons. The van der Waals surface area contributed by atoms with Crippen LogP contribution in [-0.2, 0) is 14.6 Å². The Hall–Kier alpha value is -2.95. The highest BCUT2D eigenvalue weighted by Crippen LogP contribution is 2.38. The molecule has 3 heterocycles. The fourth-order valence-corrected chi connectivity index (χ4v) is 7.72. The summed E-state index contributed by atoms with van der Waals surface area (Å²) in [6.45, 7) is 4.82. The first-order chi connectivity index (χ1) is 18.3. The highest BCUT2D eigenvalue weighted by molar-refractivity contribution is 8.26. The Morgan fingerprint density at radius 1 is 1.21 bits per heavy atom. The number of ether oxygens (including phenoxy) is 1. The Morgan fingerprint density at radius 2 is 2.00 bits per heavy atom. The summed E-state index contributed by atoms with van der Waals surface area (Å²) >= 11 is 6.71. The van der Waals surface area contributed by atoms with Gasteiger partial charge >= 0.3 is 0 Å². The quantitative estimate of drug-likeness (QED) is 0.204. The first-order valence-corrected chi connectivity index (χ1v) is 15.7. The summed E-state index contributed by atoms with van der Waals surface area (Å²) < 4.78 is 32.2. The monoisotopic (exact) mass is 567 g/mol. The maximum Gasteiger partial charge on any atom is 0.266 e. The molecule has 5 rings (SSSR count). The van der Waals surface area contributed by atoms with Gasteiger partial charge in [0.25, 0.3) is 5.91 Å². The van der Waals surface area contributed by atoms with E-state index in [2.05, 4.69) is 6.92 Å². The molecule has 0 N–H and O–H groups in total. The van der Waals surface area contributed by atoms with E-state index in [0.717, 1.165) is 46.7 Å². The van der Waals surface area contributed by atoms with Crippen LogP contribution in [0.15, 0.2) is 59.6 Å². The van der Waals surface area contributed by atoms with Crippen molar-refractivity contribution in [3.63, 3.8) is 0 Å². The van der Waals surface area contributed by atoms with Crippen LogP contribution in [0.5, 0.6) is 5.75 Å². The van der Waals surface area contributed by atoms with Gasteiger partial charge in [0.15, 0.2) is 9.84 Å². The second kappa shape index (κ2) is 11.0. The van der Waals surface area contributed by atoms with Crippen molar-refractivity contribution in [2.75, 3.05) is 18.1 Å². The highest BCUT2D eigenvalue weighted by atomic mass is 32.2. The van der Waals surface area contributed by atoms with E-state index in [1.165, 1.54) is 16.7 Å². The van der Waals surface area contributed by atoms with E-state index in [-0.39, 0.29) is 17.4 Å². The van der Waals surface area contributed by atoms with E-state index in [9.17, 15) is 13.2 Å². The van der Waals surface area contributed by atoms with Gasteiger partial charge in [0.2, 0.25) is 0 Å². The van der Waals surface area contributed by atoms with Crippen LogP contribution < -0.4 is 4.74 Å². The summed E-state index contributed by atoms with van der Waals surface area (Å²) in [6, 6.07) is 15.4. The van der Waals surface area contributed by atoms with E-state index in [4.69, 9.17) is 22.1 Å². The minimum absolute atomic E-state index is 0.0458. The van der Waals surface area contributed by atoms with Gasteiger partial charge in [-0.25, -0.2) is 13.1 Å². The topological polar surface area (TPSA) is 81.5 Å². The smallest absolute Gasteiger partial charge is 0.266 e. The molecule has 2 aromatic carbocycles. The largest absolute Gasteiger partial charge is 0.493 e. The Kier molecular flexibility index (Phi) is 7.74. The van der Waals surface area contributed by atoms with Gasteiger partial charge in [-0.2, -0.15) is 5.10 Å². The zero-order valence-corrected chi connectivity index (χ0v) is 23.7. The molecule has 0 aliphatic carbocycles.